The van der Waals surface area contributed by atoms with Crippen molar-refractivity contribution < 1.29 is 31.5 Å². The number of amides is 2. The van der Waals surface area contributed by atoms with Crippen LogP contribution in [0.4, 0.5) is 33.3 Å². The molecule has 2 N–H and O–H groups in total. The second-order valence-electron chi connectivity index (χ2n) is 6.36. The number of hydrogen-bond donors (Lipinski definition) is 2. The third-order valence-electron chi connectivity index (χ3n) is 4.18. The SMILES string of the molecule is Cc1c(C(=O)Nc2ccc(F)c(F)c2)nnn1CC(=O)Nc1ccccc1C(F)(F)F. The van der Waals surface area contributed by atoms with Gasteiger partial charge in [0, 0.05) is 11.8 Å². The molecule has 0 spiro atoms. The molecule has 2 aromatic carbocycles. The summed E-state index contributed by atoms with van der Waals surface area (Å²) in [5.41, 5.74) is -1.52. The highest BCUT2D eigenvalue weighted by Crippen LogP contribution is 2.34. The zero-order chi connectivity index (χ0) is 22.8. The Morgan fingerprint density at radius 2 is 1.74 bits per heavy atom. The van der Waals surface area contributed by atoms with Crippen LogP contribution in [0.25, 0.3) is 0 Å². The maximum absolute atomic E-state index is 13.3. The van der Waals surface area contributed by atoms with E-state index >= 15 is 0 Å². The molecule has 162 valence electrons. The summed E-state index contributed by atoms with van der Waals surface area (Å²) in [6, 6.07) is 7.22. The van der Waals surface area contributed by atoms with Crippen molar-refractivity contribution in [2.24, 2.45) is 0 Å². The van der Waals surface area contributed by atoms with E-state index in [4.69, 9.17) is 0 Å². The zero-order valence-corrected chi connectivity index (χ0v) is 15.8. The topological polar surface area (TPSA) is 88.9 Å². The van der Waals surface area contributed by atoms with Crippen LogP contribution in [0.15, 0.2) is 42.5 Å². The number of para-hydroxylation sites is 1. The summed E-state index contributed by atoms with van der Waals surface area (Å²) >= 11 is 0. The van der Waals surface area contributed by atoms with Crippen molar-refractivity contribution >= 4 is 23.2 Å². The van der Waals surface area contributed by atoms with E-state index in [1.807, 2.05) is 0 Å². The highest BCUT2D eigenvalue weighted by molar-refractivity contribution is 6.03. The fraction of sp³-hybridized carbons (Fsp3) is 0.158. The summed E-state index contributed by atoms with van der Waals surface area (Å²) in [5.74, 6) is -3.86. The van der Waals surface area contributed by atoms with E-state index in [2.05, 4.69) is 20.9 Å². The van der Waals surface area contributed by atoms with Crippen LogP contribution in [0.5, 0.6) is 0 Å². The van der Waals surface area contributed by atoms with Crippen LogP contribution in [-0.4, -0.2) is 26.8 Å². The van der Waals surface area contributed by atoms with Gasteiger partial charge in [-0.2, -0.15) is 13.2 Å². The monoisotopic (exact) mass is 439 g/mol. The van der Waals surface area contributed by atoms with Crippen molar-refractivity contribution in [2.75, 3.05) is 10.6 Å². The molecule has 0 unspecified atom stereocenters. The summed E-state index contributed by atoms with van der Waals surface area (Å²) in [7, 11) is 0. The normalized spacial score (nSPS) is 11.3. The summed E-state index contributed by atoms with van der Waals surface area (Å²) in [5, 5.41) is 11.8. The average molecular weight is 439 g/mol. The minimum absolute atomic E-state index is 0.0284. The van der Waals surface area contributed by atoms with Gasteiger partial charge < -0.3 is 10.6 Å². The molecule has 0 fully saturated rings. The standard InChI is InChI=1S/C19H14F5N5O2/c1-10-17(18(31)25-11-6-7-13(20)14(21)8-11)27-28-29(10)9-16(30)26-15-5-3-2-4-12(15)19(22,23)24/h2-8H,9H2,1H3,(H,25,31)(H,26,30). The van der Waals surface area contributed by atoms with Crippen molar-refractivity contribution in [1.82, 2.24) is 15.0 Å². The van der Waals surface area contributed by atoms with E-state index < -0.39 is 47.4 Å². The second kappa shape index (κ2) is 8.50. The van der Waals surface area contributed by atoms with Crippen LogP contribution < -0.4 is 10.6 Å². The molecule has 7 nitrogen and oxygen atoms in total. The number of rotatable bonds is 5. The first-order valence-electron chi connectivity index (χ1n) is 8.69. The van der Waals surface area contributed by atoms with Crippen LogP contribution in [0, 0.1) is 18.6 Å². The van der Waals surface area contributed by atoms with Crippen LogP contribution in [0.1, 0.15) is 21.7 Å². The summed E-state index contributed by atoms with van der Waals surface area (Å²) in [6.07, 6.45) is -4.65. The molecule has 0 saturated heterocycles. The fourth-order valence-corrected chi connectivity index (χ4v) is 2.65. The first kappa shape index (κ1) is 21.9. The van der Waals surface area contributed by atoms with E-state index in [0.29, 0.717) is 0 Å². The molecular formula is C19H14F5N5O2. The third kappa shape index (κ3) is 5.02. The van der Waals surface area contributed by atoms with E-state index in [9.17, 15) is 31.5 Å². The molecule has 0 radical (unpaired) electrons. The lowest BCUT2D eigenvalue weighted by Crippen LogP contribution is -2.22. The average Bonchev–Trinajstić information content (AvgIpc) is 3.04. The largest absolute Gasteiger partial charge is 0.418 e. The van der Waals surface area contributed by atoms with Crippen molar-refractivity contribution in [3.8, 4) is 0 Å². The minimum Gasteiger partial charge on any atom is -0.324 e. The lowest BCUT2D eigenvalue weighted by atomic mass is 10.1. The lowest BCUT2D eigenvalue weighted by molar-refractivity contribution is -0.137. The lowest BCUT2D eigenvalue weighted by Gasteiger charge is -2.13. The Bertz CT molecular complexity index is 1140. The first-order chi connectivity index (χ1) is 14.6. The molecule has 0 aliphatic rings. The Hall–Kier alpha value is -3.83. The third-order valence-corrected chi connectivity index (χ3v) is 4.18. The maximum Gasteiger partial charge on any atom is 0.418 e. The van der Waals surface area contributed by atoms with Crippen LogP contribution >= 0.6 is 0 Å². The number of nitrogens with zero attached hydrogens (tertiary/aromatic N) is 3. The van der Waals surface area contributed by atoms with E-state index in [0.717, 1.165) is 35.0 Å². The number of hydrogen-bond acceptors (Lipinski definition) is 4. The second-order valence-corrected chi connectivity index (χ2v) is 6.36. The van der Waals surface area contributed by atoms with Crippen LogP contribution in [-0.2, 0) is 17.5 Å². The summed E-state index contributed by atoms with van der Waals surface area (Å²) in [4.78, 5) is 24.5. The predicted molar refractivity (Wildman–Crippen MR) is 99.1 cm³/mol. The van der Waals surface area contributed by atoms with E-state index in [1.165, 1.54) is 19.1 Å². The highest BCUT2D eigenvalue weighted by atomic mass is 19.4. The molecule has 0 bridgehead atoms. The Morgan fingerprint density at radius 3 is 2.42 bits per heavy atom. The number of aromatic nitrogens is 3. The molecule has 1 aromatic heterocycles. The molecule has 31 heavy (non-hydrogen) atoms. The van der Waals surface area contributed by atoms with Gasteiger partial charge >= 0.3 is 6.18 Å². The van der Waals surface area contributed by atoms with Gasteiger partial charge in [0.05, 0.1) is 16.9 Å². The Morgan fingerprint density at radius 1 is 1.03 bits per heavy atom. The Balaban J connectivity index is 1.71. The number of anilines is 2. The van der Waals surface area contributed by atoms with Gasteiger partial charge in [-0.3, -0.25) is 9.59 Å². The van der Waals surface area contributed by atoms with Crippen molar-refractivity contribution in [3.05, 3.63) is 71.1 Å². The molecule has 0 aliphatic heterocycles. The number of alkyl halides is 3. The molecular weight excluding hydrogens is 425 g/mol. The molecule has 3 aromatic rings. The van der Waals surface area contributed by atoms with Crippen LogP contribution in [0.3, 0.4) is 0 Å². The molecule has 12 heteroatoms. The first-order valence-corrected chi connectivity index (χ1v) is 8.69. The Labute approximate surface area is 171 Å². The smallest absolute Gasteiger partial charge is 0.324 e. The van der Waals surface area contributed by atoms with E-state index in [1.54, 1.807) is 0 Å². The van der Waals surface area contributed by atoms with Gasteiger partial charge in [-0.25, -0.2) is 13.5 Å². The Kier molecular flexibility index (Phi) is 5.99. The molecule has 3 rings (SSSR count). The number of nitrogens with one attached hydrogen (secondary N) is 2. The van der Waals surface area contributed by atoms with Gasteiger partial charge in [-0.1, -0.05) is 17.3 Å². The zero-order valence-electron chi connectivity index (χ0n) is 15.8. The van der Waals surface area contributed by atoms with Gasteiger partial charge in [0.2, 0.25) is 5.91 Å². The molecule has 2 amide bonds. The van der Waals surface area contributed by atoms with Gasteiger partial charge in [0.1, 0.15) is 6.54 Å². The molecule has 0 saturated carbocycles. The maximum atomic E-state index is 13.3. The number of halogens is 5. The van der Waals surface area contributed by atoms with Crippen molar-refractivity contribution in [3.63, 3.8) is 0 Å². The van der Waals surface area contributed by atoms with Gasteiger partial charge in [-0.05, 0) is 31.2 Å². The van der Waals surface area contributed by atoms with Gasteiger partial charge in [-0.15, -0.1) is 5.10 Å². The van der Waals surface area contributed by atoms with Gasteiger partial charge in [0.15, 0.2) is 17.3 Å². The number of benzene rings is 2. The molecule has 1 heterocycles. The number of carbonyl (C=O) groups excluding carboxylic acids is 2. The fourth-order valence-electron chi connectivity index (χ4n) is 2.65. The van der Waals surface area contributed by atoms with Gasteiger partial charge in [0.25, 0.3) is 5.91 Å². The number of carbonyl (C=O) groups is 2. The molecule has 0 atom stereocenters. The quantitative estimate of drug-likeness (QED) is 0.593. The van der Waals surface area contributed by atoms with Crippen molar-refractivity contribution in [2.45, 2.75) is 19.6 Å². The minimum atomic E-state index is -4.65. The van der Waals surface area contributed by atoms with Crippen LogP contribution in [0.2, 0.25) is 0 Å². The van der Waals surface area contributed by atoms with Crippen molar-refractivity contribution in [1.29, 1.82) is 0 Å². The summed E-state index contributed by atoms with van der Waals surface area (Å²) < 4.78 is 66.4. The predicted octanol–water partition coefficient (Wildman–Crippen LogP) is 3.77. The summed E-state index contributed by atoms with van der Waals surface area (Å²) in [6.45, 7) is 0.903. The highest BCUT2D eigenvalue weighted by Gasteiger charge is 2.33. The molecule has 0 aliphatic carbocycles. The van der Waals surface area contributed by atoms with E-state index in [-0.39, 0.29) is 17.1 Å².